The lowest BCUT2D eigenvalue weighted by atomic mass is 9.96. The Balaban J connectivity index is 2.22. The summed E-state index contributed by atoms with van der Waals surface area (Å²) in [5.41, 5.74) is -0.591. The lowest BCUT2D eigenvalue weighted by Crippen LogP contribution is -2.52. The van der Waals surface area contributed by atoms with Crippen LogP contribution in [0.25, 0.3) is 0 Å². The van der Waals surface area contributed by atoms with E-state index in [2.05, 4.69) is 0 Å². The molecule has 116 valence electrons. The van der Waals surface area contributed by atoms with E-state index in [4.69, 9.17) is 4.74 Å². The van der Waals surface area contributed by atoms with Gasteiger partial charge in [-0.2, -0.15) is 13.2 Å². The van der Waals surface area contributed by atoms with Crippen molar-refractivity contribution in [3.8, 4) is 0 Å². The van der Waals surface area contributed by atoms with Gasteiger partial charge in [-0.05, 0) is 20.8 Å². The molecule has 8 heteroatoms. The number of rotatable bonds is 3. The molecule has 1 aliphatic heterocycles. The maximum absolute atomic E-state index is 11.9. The molecule has 0 aromatic carbocycles. The number of carbonyl (C=O) groups excluding carboxylic acids is 2. The molecule has 0 unspecified atom stereocenters. The minimum Gasteiger partial charge on any atom is -0.444 e. The van der Waals surface area contributed by atoms with Gasteiger partial charge in [-0.1, -0.05) is 0 Å². The van der Waals surface area contributed by atoms with Crippen molar-refractivity contribution < 1.29 is 27.5 Å². The Labute approximate surface area is 115 Å². The first-order valence-electron chi connectivity index (χ1n) is 6.27. The summed E-state index contributed by atoms with van der Waals surface area (Å²) in [7, 11) is 0. The van der Waals surface area contributed by atoms with Gasteiger partial charge < -0.3 is 15.0 Å². The largest absolute Gasteiger partial charge is 0.444 e. The molecule has 1 saturated heterocycles. The summed E-state index contributed by atoms with van der Waals surface area (Å²) in [5, 5.41) is 1.81. The van der Waals surface area contributed by atoms with Gasteiger partial charge >= 0.3 is 12.3 Å². The van der Waals surface area contributed by atoms with Crippen LogP contribution >= 0.6 is 0 Å². The molecule has 0 bridgehead atoms. The van der Waals surface area contributed by atoms with E-state index < -0.39 is 30.3 Å². The molecule has 0 aromatic heterocycles. The first kappa shape index (κ1) is 16.6. The third-order valence-corrected chi connectivity index (χ3v) is 2.57. The monoisotopic (exact) mass is 296 g/mol. The Morgan fingerprint density at radius 2 is 1.80 bits per heavy atom. The zero-order valence-electron chi connectivity index (χ0n) is 11.7. The van der Waals surface area contributed by atoms with Crippen LogP contribution in [0.2, 0.25) is 0 Å². The van der Waals surface area contributed by atoms with Crippen LogP contribution in [-0.2, 0) is 9.53 Å². The second-order valence-electron chi connectivity index (χ2n) is 5.85. The predicted molar refractivity (Wildman–Crippen MR) is 65.0 cm³/mol. The second-order valence-corrected chi connectivity index (χ2v) is 5.85. The van der Waals surface area contributed by atoms with Crippen LogP contribution in [0.3, 0.4) is 0 Å². The Bertz CT molecular complexity index is 371. The van der Waals surface area contributed by atoms with Gasteiger partial charge in [-0.15, -0.1) is 0 Å². The standard InChI is InChI=1S/C12H19F3N2O3/c1-11(2,3)20-10(19)17-5-8(6-17)4-9(18)16-7-12(13,14)15/h8H,4-7H2,1-3H3,(H,16,18). The molecule has 1 heterocycles. The molecule has 2 amide bonds. The van der Waals surface area contributed by atoms with E-state index in [1.165, 1.54) is 4.90 Å². The van der Waals surface area contributed by atoms with Gasteiger partial charge in [-0.25, -0.2) is 4.79 Å². The van der Waals surface area contributed by atoms with E-state index in [1.54, 1.807) is 26.1 Å². The molecule has 0 radical (unpaired) electrons. The molecule has 1 rings (SSSR count). The van der Waals surface area contributed by atoms with Gasteiger partial charge in [0.2, 0.25) is 5.91 Å². The first-order valence-corrected chi connectivity index (χ1v) is 6.27. The number of halogens is 3. The Morgan fingerprint density at radius 3 is 2.25 bits per heavy atom. The fourth-order valence-electron chi connectivity index (χ4n) is 1.71. The molecule has 20 heavy (non-hydrogen) atoms. The van der Waals surface area contributed by atoms with E-state index in [9.17, 15) is 22.8 Å². The third-order valence-electron chi connectivity index (χ3n) is 2.57. The number of alkyl halides is 3. The smallest absolute Gasteiger partial charge is 0.410 e. The number of nitrogens with one attached hydrogen (secondary N) is 1. The quantitative estimate of drug-likeness (QED) is 0.865. The molecular formula is C12H19F3N2O3. The molecule has 1 fully saturated rings. The first-order chi connectivity index (χ1) is 8.96. The van der Waals surface area contributed by atoms with Crippen molar-refractivity contribution in [2.45, 2.75) is 39.0 Å². The molecule has 1 N–H and O–H groups in total. The molecule has 5 nitrogen and oxygen atoms in total. The molecule has 0 atom stereocenters. The number of carbonyl (C=O) groups is 2. The van der Waals surface area contributed by atoms with Gasteiger partial charge in [0.25, 0.3) is 0 Å². The fraction of sp³-hybridized carbons (Fsp3) is 0.833. The Morgan fingerprint density at radius 1 is 1.25 bits per heavy atom. The van der Waals surface area contributed by atoms with Crippen LogP contribution in [0.5, 0.6) is 0 Å². The molecule has 0 saturated carbocycles. The minimum absolute atomic E-state index is 0.0185. The average Bonchev–Trinajstić information content (AvgIpc) is 2.15. The molecule has 0 aromatic rings. The predicted octanol–water partition coefficient (Wildman–Crippen LogP) is 1.92. The van der Waals surface area contributed by atoms with Crippen molar-refractivity contribution in [2.75, 3.05) is 19.6 Å². The van der Waals surface area contributed by atoms with Gasteiger partial charge in [-0.3, -0.25) is 4.79 Å². The number of hydrogen-bond acceptors (Lipinski definition) is 3. The third kappa shape index (κ3) is 6.12. The summed E-state index contributed by atoms with van der Waals surface area (Å²) in [6.45, 7) is 4.56. The van der Waals surface area contributed by atoms with Gasteiger partial charge in [0.15, 0.2) is 0 Å². The summed E-state index contributed by atoms with van der Waals surface area (Å²) in [6.07, 6.45) is -4.89. The van der Waals surface area contributed by atoms with Crippen LogP contribution in [0.1, 0.15) is 27.2 Å². The van der Waals surface area contributed by atoms with Crippen LogP contribution < -0.4 is 5.32 Å². The molecule has 0 spiro atoms. The molecule has 1 aliphatic rings. The van der Waals surface area contributed by atoms with Crippen molar-refractivity contribution in [1.29, 1.82) is 0 Å². The summed E-state index contributed by atoms with van der Waals surface area (Å²) >= 11 is 0. The van der Waals surface area contributed by atoms with Crippen molar-refractivity contribution in [3.05, 3.63) is 0 Å². The highest BCUT2D eigenvalue weighted by Gasteiger charge is 2.35. The molecular weight excluding hydrogens is 277 g/mol. The highest BCUT2D eigenvalue weighted by atomic mass is 19.4. The maximum Gasteiger partial charge on any atom is 0.410 e. The van der Waals surface area contributed by atoms with E-state index in [1.807, 2.05) is 0 Å². The van der Waals surface area contributed by atoms with Gasteiger partial charge in [0.05, 0.1) is 0 Å². The minimum atomic E-state index is -4.40. The van der Waals surface area contributed by atoms with E-state index in [0.717, 1.165) is 0 Å². The zero-order chi connectivity index (χ0) is 15.6. The number of hydrogen-bond donors (Lipinski definition) is 1. The highest BCUT2D eigenvalue weighted by molar-refractivity contribution is 5.77. The normalized spacial score (nSPS) is 16.6. The van der Waals surface area contributed by atoms with Crippen LogP contribution in [0.15, 0.2) is 0 Å². The lowest BCUT2D eigenvalue weighted by Gasteiger charge is -2.39. The van der Waals surface area contributed by atoms with E-state index in [0.29, 0.717) is 13.1 Å². The van der Waals surface area contributed by atoms with Crippen molar-refractivity contribution >= 4 is 12.0 Å². The number of nitrogens with zero attached hydrogens (tertiary/aromatic N) is 1. The summed E-state index contributed by atoms with van der Waals surface area (Å²) in [6, 6.07) is 0. The van der Waals surface area contributed by atoms with Crippen molar-refractivity contribution in [2.24, 2.45) is 5.92 Å². The van der Waals surface area contributed by atoms with Crippen LogP contribution in [-0.4, -0.2) is 48.3 Å². The Hall–Kier alpha value is -1.47. The summed E-state index contributed by atoms with van der Waals surface area (Å²) in [5.74, 6) is -0.771. The summed E-state index contributed by atoms with van der Waals surface area (Å²) < 4.78 is 40.8. The fourth-order valence-corrected chi connectivity index (χ4v) is 1.71. The number of amides is 2. The second kappa shape index (κ2) is 5.88. The molecule has 0 aliphatic carbocycles. The zero-order valence-corrected chi connectivity index (χ0v) is 11.7. The van der Waals surface area contributed by atoms with E-state index >= 15 is 0 Å². The summed E-state index contributed by atoms with van der Waals surface area (Å²) in [4.78, 5) is 24.3. The van der Waals surface area contributed by atoms with Crippen molar-refractivity contribution in [1.82, 2.24) is 10.2 Å². The van der Waals surface area contributed by atoms with Crippen LogP contribution in [0.4, 0.5) is 18.0 Å². The lowest BCUT2D eigenvalue weighted by molar-refractivity contribution is -0.139. The average molecular weight is 296 g/mol. The van der Waals surface area contributed by atoms with Crippen LogP contribution in [0, 0.1) is 5.92 Å². The SMILES string of the molecule is CC(C)(C)OC(=O)N1CC(CC(=O)NCC(F)(F)F)C1. The van der Waals surface area contributed by atoms with Gasteiger partial charge in [0, 0.05) is 25.4 Å². The topological polar surface area (TPSA) is 58.6 Å². The van der Waals surface area contributed by atoms with E-state index in [-0.39, 0.29) is 12.3 Å². The number of likely N-dealkylation sites (tertiary alicyclic amines) is 1. The highest BCUT2D eigenvalue weighted by Crippen LogP contribution is 2.22. The number of ether oxygens (including phenoxy) is 1. The van der Waals surface area contributed by atoms with Gasteiger partial charge in [0.1, 0.15) is 12.1 Å². The van der Waals surface area contributed by atoms with Crippen molar-refractivity contribution in [3.63, 3.8) is 0 Å². The Kier molecular flexibility index (Phi) is 4.88. The maximum atomic E-state index is 11.9.